The lowest BCUT2D eigenvalue weighted by atomic mass is 9.91. The Hall–Kier alpha value is -3.21. The van der Waals surface area contributed by atoms with E-state index in [1.807, 2.05) is 78.9 Å². The minimum atomic E-state index is -0.549. The first kappa shape index (κ1) is 23.0. The van der Waals surface area contributed by atoms with Crippen molar-refractivity contribution in [1.29, 1.82) is 0 Å². The molecule has 0 spiro atoms. The van der Waals surface area contributed by atoms with E-state index in [9.17, 15) is 9.90 Å². The minimum absolute atomic E-state index is 0.0449. The summed E-state index contributed by atoms with van der Waals surface area (Å²) in [7, 11) is 0. The summed E-state index contributed by atoms with van der Waals surface area (Å²) in [5.41, 5.74) is 3.73. The van der Waals surface area contributed by atoms with Gasteiger partial charge in [0.25, 0.3) is 0 Å². The number of carbonyl (C=O) groups excluding carboxylic acids is 1. The Kier molecular flexibility index (Phi) is 7.71. The Balaban J connectivity index is 1.41. The molecular formula is C29H30O4. The van der Waals surface area contributed by atoms with Crippen LogP contribution in [0, 0.1) is 11.8 Å². The summed E-state index contributed by atoms with van der Waals surface area (Å²) in [6, 6.07) is 27.4. The van der Waals surface area contributed by atoms with Crippen molar-refractivity contribution in [2.24, 2.45) is 11.8 Å². The fourth-order valence-electron chi connectivity index (χ4n) is 4.56. The van der Waals surface area contributed by atoms with Crippen LogP contribution in [-0.2, 0) is 16.1 Å². The zero-order valence-electron chi connectivity index (χ0n) is 18.7. The number of hydrogen-bond donors (Lipinski definition) is 1. The van der Waals surface area contributed by atoms with Gasteiger partial charge in [-0.25, -0.2) is 4.79 Å². The van der Waals surface area contributed by atoms with Crippen molar-refractivity contribution in [1.82, 2.24) is 0 Å². The highest BCUT2D eigenvalue weighted by Gasteiger charge is 2.44. The molecule has 0 aromatic heterocycles. The zero-order valence-corrected chi connectivity index (χ0v) is 18.7. The lowest BCUT2D eigenvalue weighted by molar-refractivity contribution is -0.00905. The fraction of sp³-hybridized carbons (Fsp3) is 0.276. The molecular weight excluding hydrogens is 412 g/mol. The van der Waals surface area contributed by atoms with Gasteiger partial charge in [-0.1, -0.05) is 78.9 Å². The Morgan fingerprint density at radius 2 is 1.55 bits per heavy atom. The molecule has 4 nitrogen and oxygen atoms in total. The molecule has 1 aliphatic rings. The zero-order chi connectivity index (χ0) is 23.0. The molecule has 1 fully saturated rings. The lowest BCUT2D eigenvalue weighted by Gasteiger charge is -2.24. The van der Waals surface area contributed by atoms with E-state index < -0.39 is 12.2 Å². The molecule has 1 N–H and O–H groups in total. The monoisotopic (exact) mass is 442 g/mol. The maximum atomic E-state index is 12.9. The fourth-order valence-corrected chi connectivity index (χ4v) is 4.56. The predicted molar refractivity (Wildman–Crippen MR) is 130 cm³/mol. The van der Waals surface area contributed by atoms with E-state index in [2.05, 4.69) is 6.58 Å². The topological polar surface area (TPSA) is 55.8 Å². The lowest BCUT2D eigenvalue weighted by Crippen LogP contribution is -2.29. The molecule has 0 radical (unpaired) electrons. The van der Waals surface area contributed by atoms with E-state index in [-0.39, 0.29) is 17.8 Å². The van der Waals surface area contributed by atoms with Gasteiger partial charge in [0.05, 0.1) is 24.9 Å². The highest BCUT2D eigenvalue weighted by atomic mass is 16.5. The van der Waals surface area contributed by atoms with Gasteiger partial charge in [0.2, 0.25) is 0 Å². The molecule has 4 heteroatoms. The maximum Gasteiger partial charge on any atom is 0.338 e. The number of rotatable bonds is 9. The number of benzene rings is 3. The molecule has 0 amide bonds. The van der Waals surface area contributed by atoms with Gasteiger partial charge in [0, 0.05) is 12.3 Å². The molecule has 33 heavy (non-hydrogen) atoms. The minimum Gasteiger partial charge on any atom is -0.458 e. The first-order chi connectivity index (χ1) is 16.2. The van der Waals surface area contributed by atoms with Gasteiger partial charge >= 0.3 is 5.97 Å². The third-order valence-corrected chi connectivity index (χ3v) is 6.34. The predicted octanol–water partition coefficient (Wildman–Crippen LogP) is 5.67. The molecule has 0 unspecified atom stereocenters. The van der Waals surface area contributed by atoms with Crippen LogP contribution in [0.2, 0.25) is 0 Å². The molecule has 4 atom stereocenters. The van der Waals surface area contributed by atoms with Crippen molar-refractivity contribution in [2.45, 2.75) is 31.7 Å². The van der Waals surface area contributed by atoms with Crippen LogP contribution in [0.25, 0.3) is 11.1 Å². The van der Waals surface area contributed by atoms with Gasteiger partial charge in [-0.2, -0.15) is 0 Å². The number of ether oxygens (including phenoxy) is 2. The SMILES string of the molecule is C=CC[C@@H]1[C@@H](COCc2ccccc2)[C@H](OC(=O)c2ccc(-c3ccccc3)cc2)C[C@@H]1O. The largest absolute Gasteiger partial charge is 0.458 e. The van der Waals surface area contributed by atoms with Gasteiger partial charge in [-0.3, -0.25) is 0 Å². The second-order valence-electron chi connectivity index (χ2n) is 8.54. The van der Waals surface area contributed by atoms with Crippen molar-refractivity contribution in [3.8, 4) is 11.1 Å². The van der Waals surface area contributed by atoms with Crippen molar-refractivity contribution in [3.63, 3.8) is 0 Å². The molecule has 0 aliphatic heterocycles. The molecule has 170 valence electrons. The van der Waals surface area contributed by atoms with Crippen LogP contribution in [0.5, 0.6) is 0 Å². The molecule has 1 aliphatic carbocycles. The van der Waals surface area contributed by atoms with Gasteiger partial charge in [0.15, 0.2) is 0 Å². The number of esters is 1. The van der Waals surface area contributed by atoms with E-state index in [0.29, 0.717) is 31.6 Å². The third-order valence-electron chi connectivity index (χ3n) is 6.34. The summed E-state index contributed by atoms with van der Waals surface area (Å²) in [6.07, 6.45) is 1.92. The van der Waals surface area contributed by atoms with Gasteiger partial charge in [-0.15, -0.1) is 6.58 Å². The highest BCUT2D eigenvalue weighted by Crippen LogP contribution is 2.38. The molecule has 0 bridgehead atoms. The van der Waals surface area contributed by atoms with Crippen molar-refractivity contribution < 1.29 is 19.4 Å². The Bertz CT molecular complexity index is 1030. The summed E-state index contributed by atoms with van der Waals surface area (Å²) in [5, 5.41) is 10.6. The van der Waals surface area contributed by atoms with E-state index in [1.165, 1.54) is 0 Å². The normalized spacial score (nSPS) is 22.1. The number of hydrogen-bond acceptors (Lipinski definition) is 4. The first-order valence-corrected chi connectivity index (χ1v) is 11.4. The molecule has 4 rings (SSSR count). The smallest absolute Gasteiger partial charge is 0.338 e. The van der Waals surface area contributed by atoms with Crippen LogP contribution in [-0.4, -0.2) is 29.9 Å². The third kappa shape index (κ3) is 5.78. The summed E-state index contributed by atoms with van der Waals surface area (Å²) in [5.74, 6) is -0.509. The summed E-state index contributed by atoms with van der Waals surface area (Å²) in [6.45, 7) is 4.72. The van der Waals surface area contributed by atoms with E-state index >= 15 is 0 Å². The van der Waals surface area contributed by atoms with Crippen LogP contribution < -0.4 is 0 Å². The van der Waals surface area contributed by atoms with Gasteiger partial charge in [-0.05, 0) is 41.2 Å². The van der Waals surface area contributed by atoms with E-state index in [1.54, 1.807) is 12.1 Å². The Labute approximate surface area is 195 Å². The Morgan fingerprint density at radius 1 is 0.909 bits per heavy atom. The molecule has 3 aromatic rings. The standard InChI is InChI=1S/C29H30O4/c1-2-9-25-26(20-32-19-21-10-5-3-6-11-21)28(18-27(25)30)33-29(31)24-16-14-23(15-17-24)22-12-7-4-8-13-22/h2-8,10-17,25-28,30H,1,9,18-20H2/t25-,26-,27+,28-/m1/s1. The molecule has 3 aromatic carbocycles. The second kappa shape index (κ2) is 11.1. The van der Waals surface area contributed by atoms with Crippen molar-refractivity contribution >= 4 is 5.97 Å². The van der Waals surface area contributed by atoms with Crippen LogP contribution in [0.1, 0.15) is 28.8 Å². The van der Waals surface area contributed by atoms with Crippen LogP contribution in [0.3, 0.4) is 0 Å². The summed E-state index contributed by atoms with van der Waals surface area (Å²) in [4.78, 5) is 12.9. The first-order valence-electron chi connectivity index (χ1n) is 11.4. The second-order valence-corrected chi connectivity index (χ2v) is 8.54. The number of allylic oxidation sites excluding steroid dienone is 1. The van der Waals surface area contributed by atoms with Crippen molar-refractivity contribution in [2.75, 3.05) is 6.61 Å². The van der Waals surface area contributed by atoms with E-state index in [0.717, 1.165) is 16.7 Å². The van der Waals surface area contributed by atoms with Crippen LogP contribution in [0.4, 0.5) is 0 Å². The van der Waals surface area contributed by atoms with Crippen LogP contribution >= 0.6 is 0 Å². The summed E-state index contributed by atoms with van der Waals surface area (Å²) < 4.78 is 11.9. The quantitative estimate of drug-likeness (QED) is 0.343. The maximum absolute atomic E-state index is 12.9. The van der Waals surface area contributed by atoms with Crippen molar-refractivity contribution in [3.05, 3.63) is 109 Å². The molecule has 1 saturated carbocycles. The number of carbonyl (C=O) groups is 1. The van der Waals surface area contributed by atoms with Crippen LogP contribution in [0.15, 0.2) is 97.6 Å². The number of aliphatic hydroxyl groups is 1. The van der Waals surface area contributed by atoms with Gasteiger partial charge in [0.1, 0.15) is 6.10 Å². The number of aliphatic hydroxyl groups excluding tert-OH is 1. The average molecular weight is 443 g/mol. The molecule has 0 heterocycles. The molecule has 0 saturated heterocycles. The highest BCUT2D eigenvalue weighted by molar-refractivity contribution is 5.90. The summed E-state index contributed by atoms with van der Waals surface area (Å²) >= 11 is 0. The van der Waals surface area contributed by atoms with E-state index in [4.69, 9.17) is 9.47 Å². The average Bonchev–Trinajstić information content (AvgIpc) is 3.14. The Morgan fingerprint density at radius 3 is 2.21 bits per heavy atom. The van der Waals surface area contributed by atoms with Gasteiger partial charge < -0.3 is 14.6 Å².